The van der Waals surface area contributed by atoms with Gasteiger partial charge >= 0.3 is 0 Å². The molecule has 1 rings (SSSR count). The Morgan fingerprint density at radius 2 is 2.25 bits per heavy atom. The number of hydrogen-bond donors (Lipinski definition) is 2. The zero-order valence-electron chi connectivity index (χ0n) is 10.5. The molecule has 0 saturated carbocycles. The fourth-order valence-electron chi connectivity index (χ4n) is 1.55. The van der Waals surface area contributed by atoms with Gasteiger partial charge in [-0.2, -0.15) is 0 Å². The number of aromatic nitrogens is 1. The van der Waals surface area contributed by atoms with Crippen molar-refractivity contribution in [2.45, 2.75) is 33.7 Å². The summed E-state index contributed by atoms with van der Waals surface area (Å²) < 4.78 is 5.50. The standard InChI is InChI=1S/C12H23N3O/c1-4-11-7-15-12(16-11)8-14-6-10(5-13)9(2)3/h7,9-10,14H,4-6,8,13H2,1-3H3. The van der Waals surface area contributed by atoms with E-state index in [9.17, 15) is 0 Å². The second kappa shape index (κ2) is 6.66. The molecule has 0 bridgehead atoms. The largest absolute Gasteiger partial charge is 0.444 e. The fourth-order valence-corrected chi connectivity index (χ4v) is 1.55. The minimum Gasteiger partial charge on any atom is -0.444 e. The number of nitrogens with zero attached hydrogens (tertiary/aromatic N) is 1. The van der Waals surface area contributed by atoms with E-state index < -0.39 is 0 Å². The number of nitrogens with two attached hydrogens (primary N) is 1. The molecule has 16 heavy (non-hydrogen) atoms. The highest BCUT2D eigenvalue weighted by Gasteiger charge is 2.11. The third kappa shape index (κ3) is 3.94. The first-order valence-electron chi connectivity index (χ1n) is 6.01. The molecule has 0 aliphatic rings. The molecule has 0 aliphatic carbocycles. The molecule has 92 valence electrons. The van der Waals surface area contributed by atoms with Gasteiger partial charge in [-0.05, 0) is 24.9 Å². The van der Waals surface area contributed by atoms with Gasteiger partial charge in [-0.15, -0.1) is 0 Å². The third-order valence-corrected chi connectivity index (χ3v) is 2.88. The van der Waals surface area contributed by atoms with Crippen LogP contribution in [0.4, 0.5) is 0 Å². The molecule has 3 N–H and O–H groups in total. The zero-order valence-corrected chi connectivity index (χ0v) is 10.5. The lowest BCUT2D eigenvalue weighted by Crippen LogP contribution is -2.31. The van der Waals surface area contributed by atoms with Crippen molar-refractivity contribution < 1.29 is 4.42 Å². The fraction of sp³-hybridized carbons (Fsp3) is 0.750. The predicted molar refractivity (Wildman–Crippen MR) is 65.0 cm³/mol. The van der Waals surface area contributed by atoms with Gasteiger partial charge in [0.25, 0.3) is 0 Å². The van der Waals surface area contributed by atoms with Crippen LogP contribution in [0.5, 0.6) is 0 Å². The normalized spacial score (nSPS) is 13.3. The smallest absolute Gasteiger partial charge is 0.208 e. The molecule has 0 fully saturated rings. The summed E-state index contributed by atoms with van der Waals surface area (Å²) in [6.45, 7) is 8.76. The van der Waals surface area contributed by atoms with Gasteiger partial charge in [0.15, 0.2) is 0 Å². The van der Waals surface area contributed by atoms with Crippen LogP contribution in [0.15, 0.2) is 10.6 Å². The van der Waals surface area contributed by atoms with E-state index in [1.165, 1.54) is 0 Å². The Hall–Kier alpha value is -0.870. The average molecular weight is 225 g/mol. The van der Waals surface area contributed by atoms with Crippen LogP contribution in [0.2, 0.25) is 0 Å². The van der Waals surface area contributed by atoms with Gasteiger partial charge in [-0.3, -0.25) is 0 Å². The molecule has 1 atom stereocenters. The van der Waals surface area contributed by atoms with Crippen LogP contribution in [-0.2, 0) is 13.0 Å². The van der Waals surface area contributed by atoms with Crippen molar-refractivity contribution in [3.63, 3.8) is 0 Å². The van der Waals surface area contributed by atoms with Gasteiger partial charge in [0.2, 0.25) is 5.89 Å². The highest BCUT2D eigenvalue weighted by molar-refractivity contribution is 4.93. The van der Waals surface area contributed by atoms with Gasteiger partial charge in [-0.25, -0.2) is 4.98 Å². The molecule has 1 aromatic heterocycles. The number of nitrogens with one attached hydrogen (secondary N) is 1. The summed E-state index contributed by atoms with van der Waals surface area (Å²) in [5, 5.41) is 3.34. The van der Waals surface area contributed by atoms with Crippen LogP contribution in [0, 0.1) is 11.8 Å². The quantitative estimate of drug-likeness (QED) is 0.739. The minimum atomic E-state index is 0.514. The minimum absolute atomic E-state index is 0.514. The number of rotatable bonds is 7. The van der Waals surface area contributed by atoms with Crippen LogP contribution in [0.25, 0.3) is 0 Å². The van der Waals surface area contributed by atoms with Crippen molar-refractivity contribution in [2.75, 3.05) is 13.1 Å². The monoisotopic (exact) mass is 225 g/mol. The summed E-state index contributed by atoms with van der Waals surface area (Å²) >= 11 is 0. The van der Waals surface area contributed by atoms with Crippen molar-refractivity contribution in [1.82, 2.24) is 10.3 Å². The molecule has 1 unspecified atom stereocenters. The third-order valence-electron chi connectivity index (χ3n) is 2.88. The maximum Gasteiger partial charge on any atom is 0.208 e. The van der Waals surface area contributed by atoms with Crippen molar-refractivity contribution in [3.05, 3.63) is 17.8 Å². The topological polar surface area (TPSA) is 64.1 Å². The lowest BCUT2D eigenvalue weighted by Gasteiger charge is -2.18. The zero-order chi connectivity index (χ0) is 12.0. The summed E-state index contributed by atoms with van der Waals surface area (Å²) in [6, 6.07) is 0. The molecular formula is C12H23N3O. The predicted octanol–water partition coefficient (Wildman–Crippen LogP) is 1.56. The van der Waals surface area contributed by atoms with Crippen molar-refractivity contribution >= 4 is 0 Å². The Bertz CT molecular complexity index is 296. The van der Waals surface area contributed by atoms with Crippen LogP contribution in [0.3, 0.4) is 0 Å². The van der Waals surface area contributed by atoms with Gasteiger partial charge < -0.3 is 15.5 Å². The Labute approximate surface area is 97.6 Å². The van der Waals surface area contributed by atoms with Gasteiger partial charge in [0, 0.05) is 6.42 Å². The van der Waals surface area contributed by atoms with Gasteiger partial charge in [0.05, 0.1) is 12.7 Å². The molecule has 0 aromatic carbocycles. The van der Waals surface area contributed by atoms with E-state index in [1.807, 2.05) is 0 Å². The summed E-state index contributed by atoms with van der Waals surface area (Å²) in [4.78, 5) is 4.19. The highest BCUT2D eigenvalue weighted by Crippen LogP contribution is 2.08. The maximum absolute atomic E-state index is 5.70. The van der Waals surface area contributed by atoms with E-state index in [4.69, 9.17) is 10.2 Å². The van der Waals surface area contributed by atoms with Gasteiger partial charge in [0.1, 0.15) is 5.76 Å². The summed E-state index contributed by atoms with van der Waals surface area (Å²) in [5.41, 5.74) is 5.70. The SMILES string of the molecule is CCc1cnc(CNCC(CN)C(C)C)o1. The molecule has 0 aliphatic heterocycles. The first kappa shape index (κ1) is 13.2. The molecule has 0 amide bonds. The van der Waals surface area contributed by atoms with E-state index in [0.717, 1.165) is 31.2 Å². The number of aryl methyl sites for hydroxylation is 1. The molecule has 0 spiro atoms. The van der Waals surface area contributed by atoms with Crippen molar-refractivity contribution in [3.8, 4) is 0 Å². The van der Waals surface area contributed by atoms with E-state index in [0.29, 0.717) is 18.4 Å². The second-order valence-corrected chi connectivity index (χ2v) is 4.44. The van der Waals surface area contributed by atoms with Crippen LogP contribution in [-0.4, -0.2) is 18.1 Å². The van der Waals surface area contributed by atoms with Crippen LogP contribution < -0.4 is 11.1 Å². The van der Waals surface area contributed by atoms with Crippen molar-refractivity contribution in [2.24, 2.45) is 17.6 Å². The van der Waals surface area contributed by atoms with Crippen LogP contribution >= 0.6 is 0 Å². The Balaban J connectivity index is 2.29. The summed E-state index contributed by atoms with van der Waals surface area (Å²) in [5.74, 6) is 2.82. The second-order valence-electron chi connectivity index (χ2n) is 4.44. The first-order valence-corrected chi connectivity index (χ1v) is 6.01. The molecule has 4 heteroatoms. The molecule has 0 saturated heterocycles. The maximum atomic E-state index is 5.70. The Kier molecular flexibility index (Phi) is 5.49. The number of oxazole rings is 1. The molecular weight excluding hydrogens is 202 g/mol. The summed E-state index contributed by atoms with van der Waals surface area (Å²) in [6.07, 6.45) is 2.68. The Morgan fingerprint density at radius 3 is 2.75 bits per heavy atom. The molecule has 1 aromatic rings. The lowest BCUT2D eigenvalue weighted by atomic mass is 9.96. The van der Waals surface area contributed by atoms with Crippen molar-refractivity contribution in [1.29, 1.82) is 0 Å². The molecule has 1 heterocycles. The van der Waals surface area contributed by atoms with Gasteiger partial charge in [-0.1, -0.05) is 20.8 Å². The molecule has 4 nitrogen and oxygen atoms in total. The first-order chi connectivity index (χ1) is 7.67. The van der Waals surface area contributed by atoms with E-state index in [2.05, 4.69) is 31.1 Å². The molecule has 0 radical (unpaired) electrons. The van der Waals surface area contributed by atoms with E-state index in [1.54, 1.807) is 6.20 Å². The Morgan fingerprint density at radius 1 is 1.50 bits per heavy atom. The number of hydrogen-bond acceptors (Lipinski definition) is 4. The van der Waals surface area contributed by atoms with E-state index >= 15 is 0 Å². The highest BCUT2D eigenvalue weighted by atomic mass is 16.4. The average Bonchev–Trinajstić information content (AvgIpc) is 2.71. The van der Waals surface area contributed by atoms with E-state index in [-0.39, 0.29) is 0 Å². The lowest BCUT2D eigenvalue weighted by molar-refractivity contribution is 0.356. The van der Waals surface area contributed by atoms with Crippen LogP contribution in [0.1, 0.15) is 32.4 Å². The summed E-state index contributed by atoms with van der Waals surface area (Å²) in [7, 11) is 0.